The summed E-state index contributed by atoms with van der Waals surface area (Å²) in [6.45, 7) is 1.37. The molecule has 0 saturated carbocycles. The van der Waals surface area contributed by atoms with Gasteiger partial charge in [-0.15, -0.1) is 0 Å². The van der Waals surface area contributed by atoms with Gasteiger partial charge in [-0.2, -0.15) is 0 Å². The normalized spacial score (nSPS) is 17.9. The maximum absolute atomic E-state index is 12.4. The van der Waals surface area contributed by atoms with Crippen molar-refractivity contribution in [1.82, 2.24) is 4.90 Å². The number of amides is 1. The first-order valence-corrected chi connectivity index (χ1v) is 7.41. The quantitative estimate of drug-likeness (QED) is 0.934. The van der Waals surface area contributed by atoms with Gasteiger partial charge in [0.25, 0.3) is 5.91 Å². The molecule has 1 aliphatic heterocycles. The lowest BCUT2D eigenvalue weighted by Crippen LogP contribution is -2.46. The zero-order chi connectivity index (χ0) is 16.2. The van der Waals surface area contributed by atoms with Gasteiger partial charge in [-0.05, 0) is 17.7 Å². The third-order valence-corrected chi connectivity index (χ3v) is 3.76. The number of rotatable bonds is 4. The monoisotopic (exact) mass is 315 g/mol. The second-order valence-corrected chi connectivity index (χ2v) is 5.40. The van der Waals surface area contributed by atoms with E-state index in [9.17, 15) is 9.59 Å². The standard InChI is InChI=1S/C17H17NO5/c19-16(14-6-7-15(23-14)17(20)21)18-8-9-22-13(11-18)10-12-4-2-1-3-5-12/h1-7,13H,8-11H2,(H,20,21). The fourth-order valence-corrected chi connectivity index (χ4v) is 2.63. The molecular formula is C17H17NO5. The molecule has 1 atom stereocenters. The van der Waals surface area contributed by atoms with Crippen LogP contribution in [0, 0.1) is 0 Å². The molecule has 0 spiro atoms. The van der Waals surface area contributed by atoms with Crippen LogP contribution in [0.25, 0.3) is 0 Å². The number of hydrogen-bond acceptors (Lipinski definition) is 4. The molecule has 1 N–H and O–H groups in total. The molecule has 6 nitrogen and oxygen atoms in total. The summed E-state index contributed by atoms with van der Waals surface area (Å²) in [6, 6.07) is 12.6. The van der Waals surface area contributed by atoms with E-state index in [2.05, 4.69) is 0 Å². The second kappa shape index (κ2) is 6.66. The molecular weight excluding hydrogens is 298 g/mol. The van der Waals surface area contributed by atoms with E-state index in [1.54, 1.807) is 4.90 Å². The summed E-state index contributed by atoms with van der Waals surface area (Å²) in [5.74, 6) is -1.68. The maximum Gasteiger partial charge on any atom is 0.371 e. The Hall–Kier alpha value is -2.60. The van der Waals surface area contributed by atoms with E-state index in [0.717, 1.165) is 12.0 Å². The number of nitrogens with zero attached hydrogens (tertiary/aromatic N) is 1. The summed E-state index contributed by atoms with van der Waals surface area (Å²) in [4.78, 5) is 24.9. The van der Waals surface area contributed by atoms with Crippen molar-refractivity contribution >= 4 is 11.9 Å². The molecule has 1 aromatic heterocycles. The Labute approximate surface area is 133 Å². The van der Waals surface area contributed by atoms with Crippen molar-refractivity contribution in [2.75, 3.05) is 19.7 Å². The van der Waals surface area contributed by atoms with Crippen molar-refractivity contribution in [3.05, 3.63) is 59.5 Å². The van der Waals surface area contributed by atoms with Crippen LogP contribution in [0.5, 0.6) is 0 Å². The molecule has 6 heteroatoms. The van der Waals surface area contributed by atoms with Crippen molar-refractivity contribution < 1.29 is 23.8 Å². The minimum absolute atomic E-state index is 0.0442. The van der Waals surface area contributed by atoms with Crippen LogP contribution in [0.4, 0.5) is 0 Å². The highest BCUT2D eigenvalue weighted by Gasteiger charge is 2.27. The van der Waals surface area contributed by atoms with Crippen LogP contribution in [-0.4, -0.2) is 47.7 Å². The zero-order valence-corrected chi connectivity index (χ0v) is 12.5. The van der Waals surface area contributed by atoms with Gasteiger partial charge < -0.3 is 19.2 Å². The fourth-order valence-electron chi connectivity index (χ4n) is 2.63. The second-order valence-electron chi connectivity index (χ2n) is 5.40. The fraction of sp³-hybridized carbons (Fsp3) is 0.294. The van der Waals surface area contributed by atoms with Gasteiger partial charge >= 0.3 is 5.97 Å². The summed E-state index contributed by atoms with van der Waals surface area (Å²) >= 11 is 0. The van der Waals surface area contributed by atoms with Crippen LogP contribution in [0.2, 0.25) is 0 Å². The lowest BCUT2D eigenvalue weighted by molar-refractivity contribution is -0.0218. The summed E-state index contributed by atoms with van der Waals surface area (Å²) in [5, 5.41) is 8.86. The molecule has 2 heterocycles. The molecule has 1 fully saturated rings. The average Bonchev–Trinajstić information content (AvgIpc) is 3.06. The number of furan rings is 1. The average molecular weight is 315 g/mol. The number of hydrogen-bond donors (Lipinski definition) is 1. The van der Waals surface area contributed by atoms with E-state index in [4.69, 9.17) is 14.3 Å². The largest absolute Gasteiger partial charge is 0.475 e. The molecule has 1 saturated heterocycles. The van der Waals surface area contributed by atoms with Crippen LogP contribution >= 0.6 is 0 Å². The molecule has 23 heavy (non-hydrogen) atoms. The Kier molecular flexibility index (Phi) is 4.43. The van der Waals surface area contributed by atoms with E-state index in [1.165, 1.54) is 12.1 Å². The number of carboxylic acid groups (broad SMARTS) is 1. The Morgan fingerprint density at radius 3 is 2.57 bits per heavy atom. The Balaban J connectivity index is 1.65. The van der Waals surface area contributed by atoms with Crippen molar-refractivity contribution in [2.45, 2.75) is 12.5 Å². The van der Waals surface area contributed by atoms with Crippen molar-refractivity contribution in [2.24, 2.45) is 0 Å². The van der Waals surface area contributed by atoms with E-state index in [1.807, 2.05) is 30.3 Å². The van der Waals surface area contributed by atoms with Crippen molar-refractivity contribution in [1.29, 1.82) is 0 Å². The number of benzene rings is 1. The molecule has 1 aromatic carbocycles. The smallest absolute Gasteiger partial charge is 0.371 e. The summed E-state index contributed by atoms with van der Waals surface area (Å²) in [7, 11) is 0. The molecule has 120 valence electrons. The lowest BCUT2D eigenvalue weighted by Gasteiger charge is -2.32. The van der Waals surface area contributed by atoms with Gasteiger partial charge in [-0.25, -0.2) is 4.79 Å². The van der Waals surface area contributed by atoms with Crippen molar-refractivity contribution in [3.63, 3.8) is 0 Å². The first-order valence-electron chi connectivity index (χ1n) is 7.41. The van der Waals surface area contributed by atoms with E-state index >= 15 is 0 Å². The lowest BCUT2D eigenvalue weighted by atomic mass is 10.1. The predicted octanol–water partition coefficient (Wildman–Crippen LogP) is 2.06. The Bertz CT molecular complexity index is 694. The first-order chi connectivity index (χ1) is 11.1. The zero-order valence-electron chi connectivity index (χ0n) is 12.5. The number of carbonyl (C=O) groups is 2. The third kappa shape index (κ3) is 3.60. The molecule has 0 radical (unpaired) electrons. The van der Waals surface area contributed by atoms with Gasteiger partial charge in [0.05, 0.1) is 12.7 Å². The Morgan fingerprint density at radius 2 is 1.87 bits per heavy atom. The summed E-state index contributed by atoms with van der Waals surface area (Å²) in [5.41, 5.74) is 1.15. The van der Waals surface area contributed by atoms with Gasteiger partial charge in [0.15, 0.2) is 5.76 Å². The molecule has 3 rings (SSSR count). The number of aromatic carboxylic acids is 1. The minimum Gasteiger partial charge on any atom is -0.475 e. The van der Waals surface area contributed by atoms with Crippen LogP contribution in [0.1, 0.15) is 26.7 Å². The topological polar surface area (TPSA) is 80.0 Å². The minimum atomic E-state index is -1.19. The highest BCUT2D eigenvalue weighted by Crippen LogP contribution is 2.16. The van der Waals surface area contributed by atoms with Gasteiger partial charge in [0.1, 0.15) is 0 Å². The highest BCUT2D eigenvalue weighted by atomic mass is 16.5. The molecule has 0 bridgehead atoms. The van der Waals surface area contributed by atoms with E-state index in [0.29, 0.717) is 19.7 Å². The van der Waals surface area contributed by atoms with Crippen LogP contribution in [0.15, 0.2) is 46.9 Å². The number of carboxylic acids is 1. The SMILES string of the molecule is O=C(O)c1ccc(C(=O)N2CCOC(Cc3ccccc3)C2)o1. The van der Waals surface area contributed by atoms with Crippen LogP contribution in [0.3, 0.4) is 0 Å². The summed E-state index contributed by atoms with van der Waals surface area (Å²) in [6.07, 6.45) is 0.646. The maximum atomic E-state index is 12.4. The Morgan fingerprint density at radius 1 is 1.13 bits per heavy atom. The van der Waals surface area contributed by atoms with Gasteiger partial charge in [0.2, 0.25) is 5.76 Å². The third-order valence-electron chi connectivity index (χ3n) is 3.76. The summed E-state index contributed by atoms with van der Waals surface area (Å²) < 4.78 is 10.8. The molecule has 1 aliphatic rings. The molecule has 1 unspecified atom stereocenters. The first kappa shape index (κ1) is 15.3. The van der Waals surface area contributed by atoms with Gasteiger partial charge in [-0.3, -0.25) is 4.79 Å². The van der Waals surface area contributed by atoms with E-state index in [-0.39, 0.29) is 23.5 Å². The molecule has 1 amide bonds. The van der Waals surface area contributed by atoms with Crippen LogP contribution < -0.4 is 0 Å². The predicted molar refractivity (Wildman–Crippen MR) is 81.5 cm³/mol. The number of ether oxygens (including phenoxy) is 1. The highest BCUT2D eigenvalue weighted by molar-refractivity contribution is 5.93. The van der Waals surface area contributed by atoms with E-state index < -0.39 is 5.97 Å². The molecule has 0 aliphatic carbocycles. The number of carbonyl (C=O) groups excluding carboxylic acids is 1. The molecule has 2 aromatic rings. The number of morpholine rings is 1. The van der Waals surface area contributed by atoms with Crippen LogP contribution in [-0.2, 0) is 11.2 Å². The van der Waals surface area contributed by atoms with Crippen molar-refractivity contribution in [3.8, 4) is 0 Å². The van der Waals surface area contributed by atoms with Gasteiger partial charge in [0, 0.05) is 19.5 Å². The van der Waals surface area contributed by atoms with Gasteiger partial charge in [-0.1, -0.05) is 30.3 Å².